The van der Waals surface area contributed by atoms with Crippen LogP contribution in [0.1, 0.15) is 18.4 Å². The molecule has 0 spiro atoms. The van der Waals surface area contributed by atoms with Gasteiger partial charge < -0.3 is 20.1 Å². The van der Waals surface area contributed by atoms with Crippen molar-refractivity contribution in [2.24, 2.45) is 0 Å². The Morgan fingerprint density at radius 3 is 2.17 bits per heavy atom. The van der Waals surface area contributed by atoms with Gasteiger partial charge in [0, 0.05) is 13.2 Å². The molecule has 0 unspecified atom stereocenters. The van der Waals surface area contributed by atoms with Crippen molar-refractivity contribution in [3.8, 4) is 0 Å². The summed E-state index contributed by atoms with van der Waals surface area (Å²) in [5, 5.41) is 27.8. The van der Waals surface area contributed by atoms with Gasteiger partial charge in [0.05, 0.1) is 25.2 Å². The lowest BCUT2D eigenvalue weighted by atomic mass is 9.83. The summed E-state index contributed by atoms with van der Waals surface area (Å²) in [7, 11) is 0. The quantitative estimate of drug-likeness (QED) is 0.567. The standard InChI is InChI=1S/C14H22O4/c15-8-4-5-9-18-12-14(10-16,11-17)13-6-2-1-3-7-13/h1-3,6-7,15-17H,4-5,8-12H2. The molecule has 1 rings (SSSR count). The fourth-order valence-corrected chi connectivity index (χ4v) is 1.78. The molecule has 4 nitrogen and oxygen atoms in total. The van der Waals surface area contributed by atoms with E-state index in [4.69, 9.17) is 9.84 Å². The minimum Gasteiger partial charge on any atom is -0.396 e. The highest BCUT2D eigenvalue weighted by atomic mass is 16.5. The average Bonchev–Trinajstić information content (AvgIpc) is 2.44. The minimum absolute atomic E-state index is 0.159. The Labute approximate surface area is 108 Å². The summed E-state index contributed by atoms with van der Waals surface area (Å²) >= 11 is 0. The molecular formula is C14H22O4. The van der Waals surface area contributed by atoms with Crippen LogP contribution < -0.4 is 0 Å². The molecule has 0 saturated heterocycles. The van der Waals surface area contributed by atoms with Gasteiger partial charge in [0.25, 0.3) is 0 Å². The van der Waals surface area contributed by atoms with Crippen LogP contribution in [0.5, 0.6) is 0 Å². The van der Waals surface area contributed by atoms with Crippen molar-refractivity contribution in [1.82, 2.24) is 0 Å². The third kappa shape index (κ3) is 4.07. The zero-order valence-electron chi connectivity index (χ0n) is 10.6. The number of hydrogen-bond acceptors (Lipinski definition) is 4. The largest absolute Gasteiger partial charge is 0.396 e. The molecule has 0 saturated carbocycles. The van der Waals surface area contributed by atoms with Crippen molar-refractivity contribution < 1.29 is 20.1 Å². The Kier molecular flexibility index (Phi) is 6.90. The fourth-order valence-electron chi connectivity index (χ4n) is 1.78. The Balaban J connectivity index is 2.58. The molecule has 0 fully saturated rings. The predicted octanol–water partition coefficient (Wildman–Crippen LogP) is 0.698. The maximum Gasteiger partial charge on any atom is 0.0648 e. The monoisotopic (exact) mass is 254 g/mol. The predicted molar refractivity (Wildman–Crippen MR) is 69.4 cm³/mol. The maximum atomic E-state index is 9.55. The van der Waals surface area contributed by atoms with Gasteiger partial charge in [-0.2, -0.15) is 0 Å². The zero-order valence-corrected chi connectivity index (χ0v) is 10.6. The molecule has 0 radical (unpaired) electrons. The van der Waals surface area contributed by atoms with Gasteiger partial charge in [-0.3, -0.25) is 0 Å². The Bertz CT molecular complexity index is 309. The minimum atomic E-state index is -0.750. The second-order valence-corrected chi connectivity index (χ2v) is 4.45. The number of ether oxygens (including phenoxy) is 1. The third-order valence-electron chi connectivity index (χ3n) is 3.07. The molecule has 0 aliphatic heterocycles. The number of unbranched alkanes of at least 4 members (excludes halogenated alkanes) is 1. The van der Waals surface area contributed by atoms with Gasteiger partial charge in [-0.05, 0) is 18.4 Å². The highest BCUT2D eigenvalue weighted by molar-refractivity contribution is 5.25. The van der Waals surface area contributed by atoms with Crippen molar-refractivity contribution in [1.29, 1.82) is 0 Å². The molecule has 18 heavy (non-hydrogen) atoms. The summed E-state index contributed by atoms with van der Waals surface area (Å²) in [6.07, 6.45) is 1.48. The molecule has 1 aromatic carbocycles. The maximum absolute atomic E-state index is 9.55. The van der Waals surface area contributed by atoms with Crippen LogP contribution in [-0.2, 0) is 10.2 Å². The summed E-state index contributed by atoms with van der Waals surface area (Å²) in [6.45, 7) is 0.638. The summed E-state index contributed by atoms with van der Waals surface area (Å²) in [4.78, 5) is 0. The van der Waals surface area contributed by atoms with Crippen molar-refractivity contribution in [2.45, 2.75) is 18.3 Å². The van der Waals surface area contributed by atoms with Crippen LogP contribution >= 0.6 is 0 Å². The first-order valence-corrected chi connectivity index (χ1v) is 6.25. The van der Waals surface area contributed by atoms with Crippen molar-refractivity contribution >= 4 is 0 Å². The highest BCUT2D eigenvalue weighted by Gasteiger charge is 2.31. The van der Waals surface area contributed by atoms with E-state index in [1.807, 2.05) is 30.3 Å². The van der Waals surface area contributed by atoms with Crippen LogP contribution in [0.4, 0.5) is 0 Å². The SMILES string of the molecule is OCCCCOCC(CO)(CO)c1ccccc1. The number of hydrogen-bond donors (Lipinski definition) is 3. The fraction of sp³-hybridized carbons (Fsp3) is 0.571. The first-order chi connectivity index (χ1) is 8.79. The molecule has 0 heterocycles. The van der Waals surface area contributed by atoms with E-state index >= 15 is 0 Å². The third-order valence-corrected chi connectivity index (χ3v) is 3.07. The van der Waals surface area contributed by atoms with E-state index in [0.29, 0.717) is 13.0 Å². The van der Waals surface area contributed by atoms with E-state index in [1.54, 1.807) is 0 Å². The van der Waals surface area contributed by atoms with E-state index in [1.165, 1.54) is 0 Å². The average molecular weight is 254 g/mol. The molecule has 4 heteroatoms. The van der Waals surface area contributed by atoms with E-state index in [2.05, 4.69) is 0 Å². The molecule has 0 aliphatic carbocycles. The van der Waals surface area contributed by atoms with Gasteiger partial charge in [0.1, 0.15) is 0 Å². The van der Waals surface area contributed by atoms with Crippen LogP contribution in [-0.4, -0.2) is 48.4 Å². The van der Waals surface area contributed by atoms with Crippen LogP contribution in [0.3, 0.4) is 0 Å². The lowest BCUT2D eigenvalue weighted by molar-refractivity contribution is 0.0181. The topological polar surface area (TPSA) is 69.9 Å². The van der Waals surface area contributed by atoms with E-state index < -0.39 is 5.41 Å². The van der Waals surface area contributed by atoms with Gasteiger partial charge >= 0.3 is 0 Å². The second-order valence-electron chi connectivity index (χ2n) is 4.45. The second kappa shape index (κ2) is 8.21. The van der Waals surface area contributed by atoms with E-state index in [-0.39, 0.29) is 26.4 Å². The van der Waals surface area contributed by atoms with Crippen molar-refractivity contribution in [2.75, 3.05) is 33.0 Å². The van der Waals surface area contributed by atoms with Crippen LogP contribution in [0.25, 0.3) is 0 Å². The molecule has 0 bridgehead atoms. The molecule has 0 aliphatic rings. The molecule has 102 valence electrons. The zero-order chi connectivity index (χ0) is 13.3. The van der Waals surface area contributed by atoms with Crippen molar-refractivity contribution in [3.63, 3.8) is 0 Å². The smallest absolute Gasteiger partial charge is 0.0648 e. The highest BCUT2D eigenvalue weighted by Crippen LogP contribution is 2.23. The van der Waals surface area contributed by atoms with Crippen LogP contribution in [0, 0.1) is 0 Å². The summed E-state index contributed by atoms with van der Waals surface area (Å²) in [5.41, 5.74) is 0.123. The normalized spacial score (nSPS) is 11.7. The first kappa shape index (κ1) is 15.1. The first-order valence-electron chi connectivity index (χ1n) is 6.25. The van der Waals surface area contributed by atoms with Gasteiger partial charge in [-0.1, -0.05) is 30.3 Å². The van der Waals surface area contributed by atoms with Gasteiger partial charge in [-0.15, -0.1) is 0 Å². The van der Waals surface area contributed by atoms with Gasteiger partial charge in [-0.25, -0.2) is 0 Å². The van der Waals surface area contributed by atoms with E-state index in [9.17, 15) is 10.2 Å². The number of benzene rings is 1. The number of aliphatic hydroxyl groups excluding tert-OH is 3. The van der Waals surface area contributed by atoms with E-state index in [0.717, 1.165) is 12.0 Å². The Morgan fingerprint density at radius 2 is 1.61 bits per heavy atom. The summed E-state index contributed by atoms with van der Waals surface area (Å²) in [6, 6.07) is 9.40. The molecule has 0 aromatic heterocycles. The summed E-state index contributed by atoms with van der Waals surface area (Å²) < 4.78 is 5.51. The Morgan fingerprint density at radius 1 is 0.944 bits per heavy atom. The number of aliphatic hydroxyl groups is 3. The Hall–Kier alpha value is -0.940. The molecule has 1 aromatic rings. The lowest BCUT2D eigenvalue weighted by Gasteiger charge is -2.30. The molecule has 0 amide bonds. The number of rotatable bonds is 9. The van der Waals surface area contributed by atoms with Crippen LogP contribution in [0.15, 0.2) is 30.3 Å². The lowest BCUT2D eigenvalue weighted by Crippen LogP contribution is -2.39. The molecule has 0 atom stereocenters. The molecular weight excluding hydrogens is 232 g/mol. The van der Waals surface area contributed by atoms with Crippen molar-refractivity contribution in [3.05, 3.63) is 35.9 Å². The van der Waals surface area contributed by atoms with Gasteiger partial charge in [0.15, 0.2) is 0 Å². The summed E-state index contributed by atoms with van der Waals surface area (Å²) in [5.74, 6) is 0. The van der Waals surface area contributed by atoms with Gasteiger partial charge in [0.2, 0.25) is 0 Å². The van der Waals surface area contributed by atoms with Crippen LogP contribution in [0.2, 0.25) is 0 Å². The molecule has 3 N–H and O–H groups in total.